The van der Waals surface area contributed by atoms with E-state index in [0.717, 1.165) is 42.5 Å². The molecule has 9 heteroatoms. The van der Waals surface area contributed by atoms with E-state index < -0.39 is 5.91 Å². The second kappa shape index (κ2) is 11.5. The van der Waals surface area contributed by atoms with Crippen molar-refractivity contribution in [2.75, 3.05) is 13.1 Å². The number of hydrogen-bond acceptors (Lipinski definition) is 5. The van der Waals surface area contributed by atoms with Crippen LogP contribution in [-0.2, 0) is 17.9 Å². The fourth-order valence-electron chi connectivity index (χ4n) is 4.73. The average Bonchev–Trinajstić information content (AvgIpc) is 3.53. The van der Waals surface area contributed by atoms with Crippen molar-refractivity contribution in [2.24, 2.45) is 5.10 Å². The van der Waals surface area contributed by atoms with Crippen molar-refractivity contribution in [3.05, 3.63) is 101 Å². The van der Waals surface area contributed by atoms with Crippen LogP contribution < -0.4 is 10.7 Å². The lowest BCUT2D eigenvalue weighted by atomic mass is 10.1. The molecule has 1 aromatic heterocycles. The van der Waals surface area contributed by atoms with Gasteiger partial charge in [-0.25, -0.2) is 5.43 Å². The summed E-state index contributed by atoms with van der Waals surface area (Å²) in [6, 6.07) is 22.4. The number of fused-ring (bicyclic) bond motifs is 1. The molecule has 0 spiro atoms. The van der Waals surface area contributed by atoms with Gasteiger partial charge in [-0.05, 0) is 42.3 Å². The number of hydrazone groups is 1. The molecule has 5 rings (SSSR count). The molecule has 0 aliphatic carbocycles. The van der Waals surface area contributed by atoms with Gasteiger partial charge in [0.25, 0.3) is 5.91 Å². The minimum atomic E-state index is -0.446. The molecule has 8 nitrogen and oxygen atoms in total. The lowest BCUT2D eigenvalue weighted by Crippen LogP contribution is -2.38. The minimum Gasteiger partial charge on any atom is -0.506 e. The standard InChI is InChI=1S/C29H28ClN5O3/c30-25-15-21(9-10-27(25)36)29(38)33-31-16-22-7-4-8-26-24(22)12-14-35(26)19-28(37)32-23-11-13-34(18-23)17-20-5-2-1-3-6-20/h1-10,12,14-16,23,36H,11,13,17-19H2,(H,32,37)(H,33,38). The van der Waals surface area contributed by atoms with Gasteiger partial charge in [-0.15, -0.1) is 0 Å². The van der Waals surface area contributed by atoms with Crippen LogP contribution in [0.5, 0.6) is 5.75 Å². The van der Waals surface area contributed by atoms with E-state index in [2.05, 4.69) is 32.9 Å². The Morgan fingerprint density at radius 3 is 2.74 bits per heavy atom. The number of rotatable bonds is 8. The van der Waals surface area contributed by atoms with Crippen LogP contribution in [0.25, 0.3) is 10.9 Å². The molecule has 3 aromatic carbocycles. The molecule has 1 aliphatic heterocycles. The number of phenolic OH excluding ortho intramolecular Hbond substituents is 1. The zero-order chi connectivity index (χ0) is 26.5. The highest BCUT2D eigenvalue weighted by molar-refractivity contribution is 6.32. The van der Waals surface area contributed by atoms with Crippen LogP contribution in [0.15, 0.2) is 84.1 Å². The highest BCUT2D eigenvalue weighted by Crippen LogP contribution is 2.23. The van der Waals surface area contributed by atoms with Gasteiger partial charge >= 0.3 is 0 Å². The maximum absolute atomic E-state index is 12.8. The van der Waals surface area contributed by atoms with Crippen molar-refractivity contribution < 1.29 is 14.7 Å². The minimum absolute atomic E-state index is 0.0204. The number of likely N-dealkylation sites (tertiary alicyclic amines) is 1. The van der Waals surface area contributed by atoms with Crippen molar-refractivity contribution in [1.82, 2.24) is 20.2 Å². The van der Waals surface area contributed by atoms with Crippen LogP contribution >= 0.6 is 11.6 Å². The Balaban J connectivity index is 1.17. The van der Waals surface area contributed by atoms with E-state index in [-0.39, 0.29) is 34.8 Å². The number of nitrogens with zero attached hydrogens (tertiary/aromatic N) is 3. The molecule has 38 heavy (non-hydrogen) atoms. The highest BCUT2D eigenvalue weighted by atomic mass is 35.5. The Kier molecular flexibility index (Phi) is 7.72. The van der Waals surface area contributed by atoms with E-state index in [9.17, 15) is 14.7 Å². The Labute approximate surface area is 225 Å². The van der Waals surface area contributed by atoms with Crippen molar-refractivity contribution >= 4 is 40.5 Å². The zero-order valence-electron chi connectivity index (χ0n) is 20.7. The van der Waals surface area contributed by atoms with Crippen LogP contribution in [0.3, 0.4) is 0 Å². The highest BCUT2D eigenvalue weighted by Gasteiger charge is 2.24. The summed E-state index contributed by atoms with van der Waals surface area (Å²) in [5.74, 6) is -0.559. The lowest BCUT2D eigenvalue weighted by molar-refractivity contribution is -0.122. The molecule has 1 atom stereocenters. The van der Waals surface area contributed by atoms with Gasteiger partial charge in [0, 0.05) is 53.9 Å². The molecule has 194 valence electrons. The number of carbonyl (C=O) groups excluding carboxylic acids is 2. The molecule has 0 bridgehead atoms. The molecule has 1 fully saturated rings. The van der Waals surface area contributed by atoms with Crippen molar-refractivity contribution in [3.63, 3.8) is 0 Å². The summed E-state index contributed by atoms with van der Waals surface area (Å²) >= 11 is 5.87. The molecule has 3 N–H and O–H groups in total. The van der Waals surface area contributed by atoms with E-state index in [4.69, 9.17) is 11.6 Å². The largest absolute Gasteiger partial charge is 0.506 e. The summed E-state index contributed by atoms with van der Waals surface area (Å²) < 4.78 is 1.91. The van der Waals surface area contributed by atoms with E-state index in [1.54, 1.807) is 6.21 Å². The predicted molar refractivity (Wildman–Crippen MR) is 148 cm³/mol. The Morgan fingerprint density at radius 1 is 1.08 bits per heavy atom. The SMILES string of the molecule is O=C(Cn1ccc2c(C=NNC(=O)c3ccc(O)c(Cl)c3)cccc21)NC1CCN(Cc2ccccc2)C1. The molecular weight excluding hydrogens is 502 g/mol. The number of aromatic nitrogens is 1. The first-order valence-electron chi connectivity index (χ1n) is 12.4. The van der Waals surface area contributed by atoms with Crippen molar-refractivity contribution in [3.8, 4) is 5.75 Å². The molecule has 2 amide bonds. The van der Waals surface area contributed by atoms with Crippen LogP contribution in [0, 0.1) is 0 Å². The molecule has 1 saturated heterocycles. The van der Waals surface area contributed by atoms with Crippen LogP contribution in [0.2, 0.25) is 5.02 Å². The summed E-state index contributed by atoms with van der Waals surface area (Å²) in [7, 11) is 0. The van der Waals surface area contributed by atoms with E-state index in [1.165, 1.54) is 23.8 Å². The smallest absolute Gasteiger partial charge is 0.271 e. The number of carbonyl (C=O) groups is 2. The summed E-state index contributed by atoms with van der Waals surface area (Å²) in [6.07, 6.45) is 4.38. The fraction of sp³-hybridized carbons (Fsp3) is 0.207. The Morgan fingerprint density at radius 2 is 1.92 bits per heavy atom. The van der Waals surface area contributed by atoms with Gasteiger partial charge in [-0.1, -0.05) is 54.1 Å². The fourth-order valence-corrected chi connectivity index (χ4v) is 4.92. The average molecular weight is 530 g/mol. The normalized spacial score (nSPS) is 15.8. The number of hydrogen-bond donors (Lipinski definition) is 3. The molecule has 1 unspecified atom stereocenters. The molecule has 2 heterocycles. The molecular formula is C29H28ClN5O3. The van der Waals surface area contributed by atoms with Gasteiger partial charge in [0.05, 0.1) is 11.2 Å². The molecule has 4 aromatic rings. The number of phenols is 1. The van der Waals surface area contributed by atoms with Gasteiger partial charge < -0.3 is 15.0 Å². The van der Waals surface area contributed by atoms with Crippen LogP contribution in [0.4, 0.5) is 0 Å². The first-order chi connectivity index (χ1) is 18.5. The van der Waals surface area contributed by atoms with Gasteiger partial charge in [0.2, 0.25) is 5.91 Å². The third-order valence-electron chi connectivity index (χ3n) is 6.63. The van der Waals surface area contributed by atoms with Gasteiger partial charge in [0.1, 0.15) is 12.3 Å². The Hall–Kier alpha value is -4.14. The summed E-state index contributed by atoms with van der Waals surface area (Å²) in [4.78, 5) is 27.5. The van der Waals surface area contributed by atoms with Gasteiger partial charge in [-0.3, -0.25) is 14.5 Å². The predicted octanol–water partition coefficient (Wildman–Crippen LogP) is 4.15. The third kappa shape index (κ3) is 6.04. The number of amides is 2. The topological polar surface area (TPSA) is 99.0 Å². The lowest BCUT2D eigenvalue weighted by Gasteiger charge is -2.17. The van der Waals surface area contributed by atoms with Crippen LogP contribution in [0.1, 0.15) is 27.9 Å². The molecule has 0 saturated carbocycles. The first kappa shape index (κ1) is 25.5. The second-order valence-corrected chi connectivity index (χ2v) is 9.77. The summed E-state index contributed by atoms with van der Waals surface area (Å²) in [5, 5.41) is 17.8. The van der Waals surface area contributed by atoms with E-state index >= 15 is 0 Å². The maximum atomic E-state index is 12.8. The number of halogens is 1. The van der Waals surface area contributed by atoms with Crippen molar-refractivity contribution in [2.45, 2.75) is 25.6 Å². The van der Waals surface area contributed by atoms with Crippen molar-refractivity contribution in [1.29, 1.82) is 0 Å². The quantitative estimate of drug-likeness (QED) is 0.236. The van der Waals surface area contributed by atoms with Crippen LogP contribution in [-0.4, -0.2) is 51.7 Å². The van der Waals surface area contributed by atoms with Gasteiger partial charge in [0.15, 0.2) is 0 Å². The summed E-state index contributed by atoms with van der Waals surface area (Å²) in [5.41, 5.74) is 5.74. The number of nitrogens with one attached hydrogen (secondary N) is 2. The monoisotopic (exact) mass is 529 g/mol. The third-order valence-corrected chi connectivity index (χ3v) is 6.93. The first-order valence-corrected chi connectivity index (χ1v) is 12.8. The van der Waals surface area contributed by atoms with E-state index in [0.29, 0.717) is 0 Å². The number of benzene rings is 3. The summed E-state index contributed by atoms with van der Waals surface area (Å²) in [6.45, 7) is 2.92. The number of aromatic hydroxyl groups is 1. The van der Waals surface area contributed by atoms with E-state index in [1.807, 2.05) is 53.2 Å². The molecule has 1 aliphatic rings. The zero-order valence-corrected chi connectivity index (χ0v) is 21.4. The van der Waals surface area contributed by atoms with Gasteiger partial charge in [-0.2, -0.15) is 5.10 Å². The molecule has 0 radical (unpaired) electrons. The maximum Gasteiger partial charge on any atom is 0.271 e. The second-order valence-electron chi connectivity index (χ2n) is 9.36. The Bertz CT molecular complexity index is 1480.